The van der Waals surface area contributed by atoms with E-state index in [4.69, 9.17) is 0 Å². The lowest BCUT2D eigenvalue weighted by atomic mass is 10.4. The quantitative estimate of drug-likeness (QED) is 0.910. The van der Waals surface area contributed by atoms with Crippen molar-refractivity contribution < 1.29 is 0 Å². The molecule has 0 aliphatic carbocycles. The fourth-order valence-corrected chi connectivity index (χ4v) is 3.45. The first-order valence-electron chi connectivity index (χ1n) is 5.20. The van der Waals surface area contributed by atoms with Crippen LogP contribution < -0.4 is 5.32 Å². The number of thiazole rings is 2. The largest absolute Gasteiger partial charge is 0.315 e. The molecule has 0 spiro atoms. The second kappa shape index (κ2) is 5.03. The number of nitrogens with one attached hydrogen (secondary N) is 1. The lowest BCUT2D eigenvalue weighted by molar-refractivity contribution is 0.822. The molecule has 5 heteroatoms. The van der Waals surface area contributed by atoms with E-state index in [1.54, 1.807) is 22.7 Å². The summed E-state index contributed by atoms with van der Waals surface area (Å²) in [4.78, 5) is 10.4. The van der Waals surface area contributed by atoms with Gasteiger partial charge in [0, 0.05) is 22.5 Å². The van der Waals surface area contributed by atoms with Crippen molar-refractivity contribution in [3.05, 3.63) is 31.7 Å². The van der Waals surface area contributed by atoms with Crippen molar-refractivity contribution in [1.82, 2.24) is 15.3 Å². The Kier molecular flexibility index (Phi) is 3.68. The van der Waals surface area contributed by atoms with Gasteiger partial charge in [0.2, 0.25) is 0 Å². The van der Waals surface area contributed by atoms with Gasteiger partial charge in [0.25, 0.3) is 0 Å². The molecule has 0 atom stereocenters. The molecule has 0 saturated heterocycles. The van der Waals surface area contributed by atoms with Crippen molar-refractivity contribution in [3.63, 3.8) is 0 Å². The fourth-order valence-electron chi connectivity index (χ4n) is 1.50. The SMILES string of the molecule is CNCc1sc(Cc2nc(C)cs2)nc1C. The van der Waals surface area contributed by atoms with Crippen LogP contribution in [0.2, 0.25) is 0 Å². The average Bonchev–Trinajstić information content (AvgIpc) is 2.76. The molecule has 0 aliphatic heterocycles. The number of rotatable bonds is 4. The standard InChI is InChI=1S/C11H15N3S2/c1-7-6-15-10(13-7)4-11-14-8(2)9(16-11)5-12-3/h6,12H,4-5H2,1-3H3. The molecular formula is C11H15N3S2. The lowest BCUT2D eigenvalue weighted by Gasteiger charge is -1.93. The molecule has 86 valence electrons. The van der Waals surface area contributed by atoms with Gasteiger partial charge in [-0.2, -0.15) is 0 Å². The molecule has 2 aromatic rings. The summed E-state index contributed by atoms with van der Waals surface area (Å²) in [6.45, 7) is 5.00. The predicted octanol–water partition coefficient (Wildman–Crippen LogP) is 2.53. The normalized spacial score (nSPS) is 10.9. The van der Waals surface area contributed by atoms with Crippen LogP contribution in [0.15, 0.2) is 5.38 Å². The average molecular weight is 253 g/mol. The number of hydrogen-bond donors (Lipinski definition) is 1. The molecule has 2 aromatic heterocycles. The van der Waals surface area contributed by atoms with Gasteiger partial charge in [-0.3, -0.25) is 0 Å². The minimum Gasteiger partial charge on any atom is -0.315 e. The Bertz CT molecular complexity index is 473. The number of nitrogens with zero attached hydrogens (tertiary/aromatic N) is 2. The van der Waals surface area contributed by atoms with Crippen LogP contribution >= 0.6 is 22.7 Å². The van der Waals surface area contributed by atoms with Crippen LogP contribution in [-0.4, -0.2) is 17.0 Å². The smallest absolute Gasteiger partial charge is 0.0999 e. The molecule has 0 aliphatic rings. The van der Waals surface area contributed by atoms with Crippen molar-refractivity contribution in [3.8, 4) is 0 Å². The third kappa shape index (κ3) is 2.66. The van der Waals surface area contributed by atoms with Gasteiger partial charge >= 0.3 is 0 Å². The Morgan fingerprint density at radius 2 is 2.06 bits per heavy atom. The molecular weight excluding hydrogens is 238 g/mol. The van der Waals surface area contributed by atoms with Gasteiger partial charge in [0.15, 0.2) is 0 Å². The van der Waals surface area contributed by atoms with Gasteiger partial charge in [0.1, 0.15) is 0 Å². The predicted molar refractivity (Wildman–Crippen MR) is 69.3 cm³/mol. The zero-order chi connectivity index (χ0) is 11.5. The van der Waals surface area contributed by atoms with E-state index in [1.807, 2.05) is 14.0 Å². The Balaban J connectivity index is 2.13. The molecule has 0 saturated carbocycles. The van der Waals surface area contributed by atoms with Crippen molar-refractivity contribution in [2.45, 2.75) is 26.8 Å². The first kappa shape index (κ1) is 11.7. The van der Waals surface area contributed by atoms with E-state index in [2.05, 4.69) is 27.6 Å². The van der Waals surface area contributed by atoms with Crippen molar-refractivity contribution in [2.75, 3.05) is 7.05 Å². The Labute approximate surface area is 104 Å². The Morgan fingerprint density at radius 1 is 1.25 bits per heavy atom. The molecule has 0 radical (unpaired) electrons. The van der Waals surface area contributed by atoms with Gasteiger partial charge in [-0.15, -0.1) is 22.7 Å². The van der Waals surface area contributed by atoms with Gasteiger partial charge in [-0.25, -0.2) is 9.97 Å². The number of aryl methyl sites for hydroxylation is 2. The van der Waals surface area contributed by atoms with E-state index in [-0.39, 0.29) is 0 Å². The summed E-state index contributed by atoms with van der Waals surface area (Å²) in [5, 5.41) is 7.57. The zero-order valence-corrected chi connectivity index (χ0v) is 11.3. The summed E-state index contributed by atoms with van der Waals surface area (Å²) in [7, 11) is 1.96. The zero-order valence-electron chi connectivity index (χ0n) is 9.70. The highest BCUT2D eigenvalue weighted by molar-refractivity contribution is 7.12. The van der Waals surface area contributed by atoms with Crippen molar-refractivity contribution >= 4 is 22.7 Å². The molecule has 2 rings (SSSR count). The summed E-state index contributed by atoms with van der Waals surface area (Å²) in [6, 6.07) is 0. The second-order valence-corrected chi connectivity index (χ2v) is 5.82. The summed E-state index contributed by atoms with van der Waals surface area (Å²) >= 11 is 3.49. The molecule has 3 nitrogen and oxygen atoms in total. The van der Waals surface area contributed by atoms with Crippen LogP contribution in [0.5, 0.6) is 0 Å². The van der Waals surface area contributed by atoms with Crippen LogP contribution in [0.3, 0.4) is 0 Å². The third-order valence-corrected chi connectivity index (χ3v) is 4.37. The van der Waals surface area contributed by atoms with Crippen LogP contribution in [0.25, 0.3) is 0 Å². The fraction of sp³-hybridized carbons (Fsp3) is 0.455. The van der Waals surface area contributed by atoms with Crippen LogP contribution in [0.4, 0.5) is 0 Å². The maximum absolute atomic E-state index is 4.58. The molecule has 1 N–H and O–H groups in total. The van der Waals surface area contributed by atoms with Gasteiger partial charge < -0.3 is 5.32 Å². The van der Waals surface area contributed by atoms with E-state index >= 15 is 0 Å². The van der Waals surface area contributed by atoms with E-state index < -0.39 is 0 Å². The van der Waals surface area contributed by atoms with Gasteiger partial charge in [-0.05, 0) is 20.9 Å². The molecule has 0 amide bonds. The van der Waals surface area contributed by atoms with Gasteiger partial charge in [-0.1, -0.05) is 0 Å². The summed E-state index contributed by atoms with van der Waals surface area (Å²) in [5.74, 6) is 0. The summed E-state index contributed by atoms with van der Waals surface area (Å²) < 4.78 is 0. The summed E-state index contributed by atoms with van der Waals surface area (Å²) in [6.07, 6.45) is 0.869. The Hall–Kier alpha value is -0.780. The number of aromatic nitrogens is 2. The molecule has 0 fully saturated rings. The monoisotopic (exact) mass is 253 g/mol. The highest BCUT2D eigenvalue weighted by Gasteiger charge is 2.09. The number of hydrogen-bond acceptors (Lipinski definition) is 5. The van der Waals surface area contributed by atoms with E-state index in [1.165, 1.54) is 4.88 Å². The van der Waals surface area contributed by atoms with E-state index in [0.29, 0.717) is 0 Å². The van der Waals surface area contributed by atoms with Gasteiger partial charge in [0.05, 0.1) is 22.1 Å². The minimum atomic E-state index is 0.869. The first-order chi connectivity index (χ1) is 7.69. The maximum Gasteiger partial charge on any atom is 0.0999 e. The summed E-state index contributed by atoms with van der Waals surface area (Å²) in [5.41, 5.74) is 2.24. The first-order valence-corrected chi connectivity index (χ1v) is 6.89. The molecule has 0 unspecified atom stereocenters. The maximum atomic E-state index is 4.58. The highest BCUT2D eigenvalue weighted by atomic mass is 32.1. The Morgan fingerprint density at radius 3 is 2.69 bits per heavy atom. The molecule has 16 heavy (non-hydrogen) atoms. The van der Waals surface area contributed by atoms with Crippen molar-refractivity contribution in [2.24, 2.45) is 0 Å². The highest BCUT2D eigenvalue weighted by Crippen LogP contribution is 2.22. The lowest BCUT2D eigenvalue weighted by Crippen LogP contribution is -2.04. The molecule has 0 aromatic carbocycles. The van der Waals surface area contributed by atoms with Crippen LogP contribution in [-0.2, 0) is 13.0 Å². The van der Waals surface area contributed by atoms with Crippen LogP contribution in [0, 0.1) is 13.8 Å². The second-order valence-electron chi connectivity index (χ2n) is 3.71. The van der Waals surface area contributed by atoms with Crippen LogP contribution in [0.1, 0.15) is 26.3 Å². The van der Waals surface area contributed by atoms with E-state index in [0.717, 1.165) is 34.4 Å². The van der Waals surface area contributed by atoms with Crippen molar-refractivity contribution in [1.29, 1.82) is 0 Å². The minimum absolute atomic E-state index is 0.869. The molecule has 0 bridgehead atoms. The molecule has 2 heterocycles. The third-order valence-electron chi connectivity index (χ3n) is 2.24. The topological polar surface area (TPSA) is 37.8 Å². The van der Waals surface area contributed by atoms with E-state index in [9.17, 15) is 0 Å².